The lowest BCUT2D eigenvalue weighted by molar-refractivity contribution is -0.161. The number of ether oxygens (including phenoxy) is 2. The Morgan fingerprint density at radius 3 is 1.30 bits per heavy atom. The first-order valence-corrected chi connectivity index (χ1v) is 20.5. The number of esters is 2. The fourth-order valence-electron chi connectivity index (χ4n) is 5.40. The van der Waals surface area contributed by atoms with Gasteiger partial charge < -0.3 is 14.6 Å². The molecule has 0 aromatic carbocycles. The second-order valence-electron chi connectivity index (χ2n) is 13.3. The number of unbranched alkanes of at least 4 members (excludes halogenated alkanes) is 16. The predicted octanol–water partition coefficient (Wildman–Crippen LogP) is 13.0. The Bertz CT molecular complexity index is 926. The number of allylic oxidation sites excluding steroid dienone is 12. The van der Waals surface area contributed by atoms with Gasteiger partial charge in [-0.05, 0) is 83.5 Å². The summed E-state index contributed by atoms with van der Waals surface area (Å²) >= 11 is 0. The maximum atomic E-state index is 12.2. The van der Waals surface area contributed by atoms with Gasteiger partial charge in [-0.15, -0.1) is 0 Å². The highest BCUT2D eigenvalue weighted by atomic mass is 16.6. The van der Waals surface area contributed by atoms with E-state index in [2.05, 4.69) is 86.8 Å². The van der Waals surface area contributed by atoms with Gasteiger partial charge in [-0.1, -0.05) is 157 Å². The van der Waals surface area contributed by atoms with Crippen LogP contribution in [0.15, 0.2) is 72.9 Å². The Morgan fingerprint density at radius 1 is 0.480 bits per heavy atom. The van der Waals surface area contributed by atoms with Crippen molar-refractivity contribution in [2.24, 2.45) is 0 Å². The number of rotatable bonds is 36. The van der Waals surface area contributed by atoms with E-state index in [0.717, 1.165) is 83.5 Å². The molecule has 1 unspecified atom stereocenters. The Morgan fingerprint density at radius 2 is 0.860 bits per heavy atom. The highest BCUT2D eigenvalue weighted by molar-refractivity contribution is 5.70. The molecular weight excluding hydrogens is 620 g/mol. The van der Waals surface area contributed by atoms with Crippen LogP contribution in [0.3, 0.4) is 0 Å². The van der Waals surface area contributed by atoms with Gasteiger partial charge in [0.2, 0.25) is 0 Å². The average Bonchev–Trinajstić information content (AvgIpc) is 3.12. The smallest absolute Gasteiger partial charge is 0.306 e. The lowest BCUT2D eigenvalue weighted by Crippen LogP contribution is -2.28. The molecule has 0 aliphatic heterocycles. The average molecular weight is 697 g/mol. The van der Waals surface area contributed by atoms with Crippen molar-refractivity contribution in [2.45, 2.75) is 187 Å². The van der Waals surface area contributed by atoms with E-state index in [1.54, 1.807) is 0 Å². The van der Waals surface area contributed by atoms with Gasteiger partial charge in [0.25, 0.3) is 0 Å². The zero-order valence-electron chi connectivity index (χ0n) is 32.4. The fourth-order valence-corrected chi connectivity index (χ4v) is 5.40. The van der Waals surface area contributed by atoms with E-state index in [1.165, 1.54) is 70.6 Å². The molecule has 0 rings (SSSR count). The van der Waals surface area contributed by atoms with Gasteiger partial charge in [-0.2, -0.15) is 0 Å². The number of aliphatic hydroxyl groups excluding tert-OH is 1. The summed E-state index contributed by atoms with van der Waals surface area (Å²) in [4.78, 5) is 24.3. The molecule has 0 amide bonds. The van der Waals surface area contributed by atoms with Crippen molar-refractivity contribution in [3.8, 4) is 0 Å². The quantitative estimate of drug-likeness (QED) is 0.0401. The molecule has 0 fully saturated rings. The third-order valence-corrected chi connectivity index (χ3v) is 8.48. The molecule has 1 N–H and O–H groups in total. The van der Waals surface area contributed by atoms with Crippen LogP contribution in [0.4, 0.5) is 0 Å². The van der Waals surface area contributed by atoms with Crippen molar-refractivity contribution in [3.63, 3.8) is 0 Å². The summed E-state index contributed by atoms with van der Waals surface area (Å²) in [7, 11) is 0. The minimum absolute atomic E-state index is 0.0797. The second-order valence-corrected chi connectivity index (χ2v) is 13.3. The SMILES string of the molecule is CC/C=C\C/C=C\C/C=C\C/C=C\CCCCCCCCCCC(=O)OC(CO)COC(=O)CCCCCCC/C=C\C/C=C\CCCCC. The first kappa shape index (κ1) is 47.3. The third kappa shape index (κ3) is 38.1. The normalized spacial score (nSPS) is 12.9. The van der Waals surface area contributed by atoms with Crippen LogP contribution in [0, 0.1) is 0 Å². The van der Waals surface area contributed by atoms with Gasteiger partial charge in [0.1, 0.15) is 6.61 Å². The molecule has 1 atom stereocenters. The van der Waals surface area contributed by atoms with Crippen molar-refractivity contribution in [1.82, 2.24) is 0 Å². The van der Waals surface area contributed by atoms with E-state index in [0.29, 0.717) is 12.8 Å². The number of hydrogen-bond acceptors (Lipinski definition) is 5. The molecule has 0 aliphatic rings. The first-order valence-electron chi connectivity index (χ1n) is 20.5. The molecule has 0 heterocycles. The molecule has 0 saturated heterocycles. The number of carbonyl (C=O) groups excluding carboxylic acids is 2. The summed E-state index contributed by atoms with van der Waals surface area (Å²) in [6, 6.07) is 0. The third-order valence-electron chi connectivity index (χ3n) is 8.48. The van der Waals surface area contributed by atoms with Crippen LogP contribution >= 0.6 is 0 Å². The van der Waals surface area contributed by atoms with Gasteiger partial charge in [0.05, 0.1) is 6.61 Å². The highest BCUT2D eigenvalue weighted by Gasteiger charge is 2.16. The summed E-state index contributed by atoms with van der Waals surface area (Å²) in [6.07, 6.45) is 53.9. The summed E-state index contributed by atoms with van der Waals surface area (Å²) < 4.78 is 10.6. The second kappa shape index (κ2) is 40.8. The van der Waals surface area contributed by atoms with Crippen molar-refractivity contribution in [1.29, 1.82) is 0 Å². The van der Waals surface area contributed by atoms with E-state index in [4.69, 9.17) is 9.47 Å². The van der Waals surface area contributed by atoms with Crippen LogP contribution in [-0.4, -0.2) is 36.4 Å². The Balaban J connectivity index is 3.61. The maximum absolute atomic E-state index is 12.2. The molecule has 50 heavy (non-hydrogen) atoms. The standard InChI is InChI=1S/C45H76O5/c1-3-5-7-9-11-13-15-17-19-20-21-22-23-24-26-28-30-32-34-36-38-40-45(48)50-43(41-46)42-49-44(47)39-37-35-33-31-29-27-25-18-16-14-12-10-8-6-4-2/h5,7,11-14,17-19,21-22,25,43,46H,3-4,6,8-10,15-16,20,23-24,26-42H2,1-2H3/b7-5-,13-11-,14-12-,19-17-,22-21-,25-18-. The zero-order chi connectivity index (χ0) is 36.4. The van der Waals surface area contributed by atoms with Crippen LogP contribution in [0.1, 0.15) is 181 Å². The molecule has 0 bridgehead atoms. The molecule has 0 aromatic rings. The summed E-state index contributed by atoms with van der Waals surface area (Å²) in [6.45, 7) is 3.97. The van der Waals surface area contributed by atoms with Crippen molar-refractivity contribution < 1.29 is 24.2 Å². The van der Waals surface area contributed by atoms with E-state index >= 15 is 0 Å². The predicted molar refractivity (Wildman–Crippen MR) is 214 cm³/mol. The summed E-state index contributed by atoms with van der Waals surface area (Å²) in [5, 5.41) is 9.56. The Hall–Kier alpha value is -2.66. The number of aliphatic hydroxyl groups is 1. The van der Waals surface area contributed by atoms with Gasteiger partial charge in [-0.25, -0.2) is 0 Å². The molecule has 0 saturated carbocycles. The monoisotopic (exact) mass is 697 g/mol. The van der Waals surface area contributed by atoms with Gasteiger partial charge in [-0.3, -0.25) is 9.59 Å². The molecule has 0 radical (unpaired) electrons. The largest absolute Gasteiger partial charge is 0.462 e. The molecule has 5 nitrogen and oxygen atoms in total. The van der Waals surface area contributed by atoms with Crippen LogP contribution in [0.25, 0.3) is 0 Å². The molecule has 0 aliphatic carbocycles. The van der Waals surface area contributed by atoms with Gasteiger partial charge >= 0.3 is 11.9 Å². The van der Waals surface area contributed by atoms with Crippen LogP contribution in [-0.2, 0) is 19.1 Å². The number of carbonyl (C=O) groups is 2. The minimum atomic E-state index is -0.785. The Kier molecular flexibility index (Phi) is 38.6. The molecule has 286 valence electrons. The Labute approximate surface area is 308 Å². The van der Waals surface area contributed by atoms with Crippen LogP contribution < -0.4 is 0 Å². The molecule has 0 spiro atoms. The zero-order valence-corrected chi connectivity index (χ0v) is 32.4. The van der Waals surface area contributed by atoms with Crippen molar-refractivity contribution in [3.05, 3.63) is 72.9 Å². The van der Waals surface area contributed by atoms with Crippen LogP contribution in [0.2, 0.25) is 0 Å². The van der Waals surface area contributed by atoms with Gasteiger partial charge in [0.15, 0.2) is 6.10 Å². The molecule has 5 heteroatoms. The van der Waals surface area contributed by atoms with Crippen molar-refractivity contribution in [2.75, 3.05) is 13.2 Å². The van der Waals surface area contributed by atoms with Crippen molar-refractivity contribution >= 4 is 11.9 Å². The lowest BCUT2D eigenvalue weighted by Gasteiger charge is -2.15. The molecular formula is C45H76O5. The van der Waals surface area contributed by atoms with E-state index in [1.807, 2.05) is 0 Å². The van der Waals surface area contributed by atoms with Gasteiger partial charge in [0, 0.05) is 12.8 Å². The van der Waals surface area contributed by atoms with Crippen LogP contribution in [0.5, 0.6) is 0 Å². The lowest BCUT2D eigenvalue weighted by atomic mass is 10.1. The highest BCUT2D eigenvalue weighted by Crippen LogP contribution is 2.13. The maximum Gasteiger partial charge on any atom is 0.306 e. The number of hydrogen-bond donors (Lipinski definition) is 1. The first-order chi connectivity index (χ1) is 24.6. The summed E-state index contributed by atoms with van der Waals surface area (Å²) in [5.41, 5.74) is 0. The van der Waals surface area contributed by atoms with E-state index in [-0.39, 0.29) is 25.2 Å². The molecule has 0 aromatic heterocycles. The summed E-state index contributed by atoms with van der Waals surface area (Å²) in [5.74, 6) is -0.621. The van der Waals surface area contributed by atoms with E-state index < -0.39 is 6.10 Å². The topological polar surface area (TPSA) is 72.8 Å². The van der Waals surface area contributed by atoms with E-state index in [9.17, 15) is 14.7 Å². The fraction of sp³-hybridized carbons (Fsp3) is 0.689. The minimum Gasteiger partial charge on any atom is -0.462 e.